The molecule has 3 aromatic carbocycles. The van der Waals surface area contributed by atoms with Gasteiger partial charge in [-0.25, -0.2) is 4.79 Å². The molecule has 0 unspecified atom stereocenters. The van der Waals surface area contributed by atoms with Gasteiger partial charge in [0, 0.05) is 38.7 Å². The van der Waals surface area contributed by atoms with Crippen LogP contribution in [0.25, 0.3) is 22.2 Å². The molecule has 0 radical (unpaired) electrons. The van der Waals surface area contributed by atoms with Gasteiger partial charge in [-0.1, -0.05) is 53.5 Å². The first-order valence-electron chi connectivity index (χ1n) is 10.9. The second-order valence-corrected chi connectivity index (χ2v) is 8.73. The minimum Gasteiger partial charge on any atom is -0.361 e. The van der Waals surface area contributed by atoms with E-state index < -0.39 is 11.5 Å². The van der Waals surface area contributed by atoms with Crippen molar-refractivity contribution < 1.29 is 14.2 Å². The minimum absolute atomic E-state index is 0.101. The lowest BCUT2D eigenvalue weighted by atomic mass is 9.94. The Hall–Kier alpha value is -2.74. The van der Waals surface area contributed by atoms with Gasteiger partial charge in [-0.3, -0.25) is 4.57 Å². The first kappa shape index (κ1) is 23.0. The fraction of sp³-hybridized carbons (Fsp3) is 0.231. The van der Waals surface area contributed by atoms with Gasteiger partial charge in [0.15, 0.2) is 0 Å². The topological polar surface area (TPSA) is 62.6 Å². The predicted octanol–water partition coefficient (Wildman–Crippen LogP) is 5.61. The third kappa shape index (κ3) is 4.13. The molecular weight excluding hydrogens is 475 g/mol. The molecule has 0 saturated carbocycles. The molecule has 0 bridgehead atoms. The number of halogens is 2. The van der Waals surface area contributed by atoms with Gasteiger partial charge >= 0.3 is 5.69 Å². The first-order chi connectivity index (χ1) is 16.5. The molecule has 8 heteroatoms. The molecule has 1 aliphatic heterocycles. The summed E-state index contributed by atoms with van der Waals surface area (Å²) >= 11 is 12.4. The molecule has 34 heavy (non-hydrogen) atoms. The SMILES string of the molecule is CCOCn1c(=O)nc(-c2cccc(Cl)c2)c2cc(C3(c4ccc(Cl)cc4)OCCO3)ccc21. The molecule has 2 heterocycles. The monoisotopic (exact) mass is 496 g/mol. The van der Waals surface area contributed by atoms with Crippen molar-refractivity contribution in [2.75, 3.05) is 19.8 Å². The second-order valence-electron chi connectivity index (χ2n) is 7.86. The van der Waals surface area contributed by atoms with Crippen LogP contribution in [0.2, 0.25) is 10.0 Å². The third-order valence-corrected chi connectivity index (χ3v) is 6.29. The predicted molar refractivity (Wildman–Crippen MR) is 132 cm³/mol. The molecule has 174 valence electrons. The van der Waals surface area contributed by atoms with Crippen LogP contribution < -0.4 is 5.69 Å². The molecule has 6 nitrogen and oxygen atoms in total. The van der Waals surface area contributed by atoms with Crippen molar-refractivity contribution in [2.24, 2.45) is 0 Å². The van der Waals surface area contributed by atoms with Gasteiger partial charge in [-0.15, -0.1) is 0 Å². The maximum Gasteiger partial charge on any atom is 0.350 e. The Labute approximate surface area is 206 Å². The highest BCUT2D eigenvalue weighted by molar-refractivity contribution is 6.31. The summed E-state index contributed by atoms with van der Waals surface area (Å²) in [7, 11) is 0. The zero-order valence-electron chi connectivity index (χ0n) is 18.5. The van der Waals surface area contributed by atoms with E-state index in [2.05, 4.69) is 4.98 Å². The highest BCUT2D eigenvalue weighted by Gasteiger charge is 2.41. The molecule has 0 aliphatic carbocycles. The summed E-state index contributed by atoms with van der Waals surface area (Å²) in [6, 6.07) is 20.4. The number of hydrogen-bond acceptors (Lipinski definition) is 5. The lowest BCUT2D eigenvalue weighted by molar-refractivity contribution is -0.129. The van der Waals surface area contributed by atoms with Crippen LogP contribution in [0.3, 0.4) is 0 Å². The Bertz CT molecular complexity index is 1400. The van der Waals surface area contributed by atoms with E-state index in [1.807, 2.05) is 61.5 Å². The van der Waals surface area contributed by atoms with Crippen molar-refractivity contribution >= 4 is 34.1 Å². The molecule has 0 N–H and O–H groups in total. The highest BCUT2D eigenvalue weighted by atomic mass is 35.5. The van der Waals surface area contributed by atoms with Crippen LogP contribution >= 0.6 is 23.2 Å². The largest absolute Gasteiger partial charge is 0.361 e. The van der Waals surface area contributed by atoms with E-state index in [0.717, 1.165) is 22.1 Å². The molecule has 0 atom stereocenters. The van der Waals surface area contributed by atoms with Crippen LogP contribution in [0.4, 0.5) is 0 Å². The lowest BCUT2D eigenvalue weighted by Gasteiger charge is -2.29. The van der Waals surface area contributed by atoms with Crippen LogP contribution in [-0.2, 0) is 26.7 Å². The van der Waals surface area contributed by atoms with E-state index in [1.165, 1.54) is 4.57 Å². The molecule has 1 aliphatic rings. The van der Waals surface area contributed by atoms with Crippen LogP contribution in [-0.4, -0.2) is 29.4 Å². The summed E-state index contributed by atoms with van der Waals surface area (Å²) in [5.41, 5.74) is 3.17. The molecule has 5 rings (SSSR count). The van der Waals surface area contributed by atoms with Gasteiger partial charge in [0.2, 0.25) is 5.79 Å². The first-order valence-corrected chi connectivity index (χ1v) is 11.7. The molecule has 1 aromatic heterocycles. The van der Waals surface area contributed by atoms with Gasteiger partial charge in [0.25, 0.3) is 0 Å². The zero-order chi connectivity index (χ0) is 23.7. The molecule has 0 amide bonds. The van der Waals surface area contributed by atoms with Crippen molar-refractivity contribution in [1.82, 2.24) is 9.55 Å². The average molecular weight is 497 g/mol. The summed E-state index contributed by atoms with van der Waals surface area (Å²) in [6.45, 7) is 3.35. The number of aromatic nitrogens is 2. The number of benzene rings is 3. The highest BCUT2D eigenvalue weighted by Crippen LogP contribution is 2.40. The Balaban J connectivity index is 1.76. The Morgan fingerprint density at radius 1 is 0.971 bits per heavy atom. The van der Waals surface area contributed by atoms with E-state index >= 15 is 0 Å². The Morgan fingerprint density at radius 3 is 2.41 bits per heavy atom. The molecule has 1 saturated heterocycles. The van der Waals surface area contributed by atoms with Gasteiger partial charge in [-0.2, -0.15) is 4.98 Å². The van der Waals surface area contributed by atoms with E-state index in [9.17, 15) is 4.79 Å². The van der Waals surface area contributed by atoms with Crippen LogP contribution in [0, 0.1) is 0 Å². The number of hydrogen-bond donors (Lipinski definition) is 0. The maximum absolute atomic E-state index is 13.0. The molecule has 1 fully saturated rings. The van der Waals surface area contributed by atoms with Crippen LogP contribution in [0.15, 0.2) is 71.5 Å². The number of fused-ring (bicyclic) bond motifs is 1. The number of nitrogens with zero attached hydrogens (tertiary/aromatic N) is 2. The van der Waals surface area contributed by atoms with E-state index in [0.29, 0.717) is 41.1 Å². The van der Waals surface area contributed by atoms with Crippen molar-refractivity contribution in [2.45, 2.75) is 19.4 Å². The standard InChI is InChI=1S/C26H22Cl2N2O4/c1-2-32-16-30-23-11-8-19(26(33-12-13-34-26)18-6-9-20(27)10-7-18)15-22(23)24(29-25(30)31)17-4-3-5-21(28)14-17/h3-11,14-15H,2,12-13,16H2,1H3. The summed E-state index contributed by atoms with van der Waals surface area (Å²) in [5.74, 6) is -1.09. The van der Waals surface area contributed by atoms with Crippen molar-refractivity contribution in [1.29, 1.82) is 0 Å². The second kappa shape index (κ2) is 9.49. The fourth-order valence-electron chi connectivity index (χ4n) is 4.23. The fourth-order valence-corrected chi connectivity index (χ4v) is 4.55. The molecule has 0 spiro atoms. The molecule has 4 aromatic rings. The van der Waals surface area contributed by atoms with Crippen molar-refractivity contribution in [3.8, 4) is 11.3 Å². The third-order valence-electron chi connectivity index (χ3n) is 5.80. The van der Waals surface area contributed by atoms with Crippen LogP contribution in [0.1, 0.15) is 18.1 Å². The van der Waals surface area contributed by atoms with Crippen molar-refractivity contribution in [3.63, 3.8) is 0 Å². The van der Waals surface area contributed by atoms with Crippen molar-refractivity contribution in [3.05, 3.63) is 98.4 Å². The van der Waals surface area contributed by atoms with Gasteiger partial charge in [0.05, 0.1) is 24.4 Å². The Morgan fingerprint density at radius 2 is 1.71 bits per heavy atom. The zero-order valence-corrected chi connectivity index (χ0v) is 20.0. The number of rotatable bonds is 6. The van der Waals surface area contributed by atoms with E-state index in [4.69, 9.17) is 37.4 Å². The molecular formula is C26H22Cl2N2O4. The quantitative estimate of drug-likeness (QED) is 0.347. The van der Waals surface area contributed by atoms with E-state index in [1.54, 1.807) is 12.1 Å². The average Bonchev–Trinajstić information content (AvgIpc) is 3.34. The smallest absolute Gasteiger partial charge is 0.350 e. The van der Waals surface area contributed by atoms with E-state index in [-0.39, 0.29) is 6.73 Å². The summed E-state index contributed by atoms with van der Waals surface area (Å²) in [5, 5.41) is 1.94. The maximum atomic E-state index is 13.0. The number of ether oxygens (including phenoxy) is 3. The van der Waals surface area contributed by atoms with Gasteiger partial charge in [0.1, 0.15) is 6.73 Å². The summed E-state index contributed by atoms with van der Waals surface area (Å²) in [4.78, 5) is 17.4. The minimum atomic E-state index is -1.09. The summed E-state index contributed by atoms with van der Waals surface area (Å²) < 4.78 is 19.4. The van der Waals surface area contributed by atoms with Gasteiger partial charge in [-0.05, 0) is 43.3 Å². The summed E-state index contributed by atoms with van der Waals surface area (Å²) in [6.07, 6.45) is 0. The van der Waals surface area contributed by atoms with Crippen LogP contribution in [0.5, 0.6) is 0 Å². The van der Waals surface area contributed by atoms with Gasteiger partial charge < -0.3 is 14.2 Å². The normalized spacial score (nSPS) is 15.1. The Kier molecular flexibility index (Phi) is 6.42. The lowest BCUT2D eigenvalue weighted by Crippen LogP contribution is -2.29.